The van der Waals surface area contributed by atoms with Crippen LogP contribution >= 0.6 is 11.6 Å². The van der Waals surface area contributed by atoms with Gasteiger partial charge in [0.1, 0.15) is 0 Å². The highest BCUT2D eigenvalue weighted by molar-refractivity contribution is 6.33. The molecule has 3 aromatic rings. The molecule has 7 heteroatoms. The number of halogens is 1. The Morgan fingerprint density at radius 2 is 1.68 bits per heavy atom. The fraction of sp³-hybridized carbons (Fsp3) is 0.167. The quantitative estimate of drug-likeness (QED) is 0.580. The predicted molar refractivity (Wildman–Crippen MR) is 117 cm³/mol. The standard InChI is InChI=1S/C24H21ClN2O4/c25-19-9-5-4-8-18(19)24(29)27-20(17-6-2-1-3-7-17)13-23(28)26-14-16-10-11-21-22(12-16)31-15-30-21/h1-12,20H,13-15H2,(H,26,28)(H,27,29). The van der Waals surface area contributed by atoms with Crippen LogP contribution in [0.2, 0.25) is 5.02 Å². The number of fused-ring (bicyclic) bond motifs is 1. The molecule has 1 aliphatic rings. The van der Waals surface area contributed by atoms with Crippen LogP contribution in [0.15, 0.2) is 72.8 Å². The third-order valence-corrected chi connectivity index (χ3v) is 5.27. The summed E-state index contributed by atoms with van der Waals surface area (Å²) in [5.74, 6) is 0.844. The van der Waals surface area contributed by atoms with E-state index in [4.69, 9.17) is 21.1 Å². The summed E-state index contributed by atoms with van der Waals surface area (Å²) < 4.78 is 10.7. The van der Waals surface area contributed by atoms with Crippen LogP contribution in [0.1, 0.15) is 33.9 Å². The molecule has 0 bridgehead atoms. The van der Waals surface area contributed by atoms with Crippen LogP contribution in [-0.2, 0) is 11.3 Å². The number of benzene rings is 3. The zero-order valence-corrected chi connectivity index (χ0v) is 17.4. The highest BCUT2D eigenvalue weighted by atomic mass is 35.5. The van der Waals surface area contributed by atoms with Crippen LogP contribution in [0.4, 0.5) is 0 Å². The first kappa shape index (κ1) is 20.8. The number of carbonyl (C=O) groups excluding carboxylic acids is 2. The molecule has 2 amide bonds. The molecule has 31 heavy (non-hydrogen) atoms. The lowest BCUT2D eigenvalue weighted by Gasteiger charge is -2.19. The molecule has 1 heterocycles. The molecule has 158 valence electrons. The fourth-order valence-electron chi connectivity index (χ4n) is 3.33. The van der Waals surface area contributed by atoms with Gasteiger partial charge in [0.05, 0.1) is 23.0 Å². The first-order valence-corrected chi connectivity index (χ1v) is 10.2. The Hall–Kier alpha value is -3.51. The molecular weight excluding hydrogens is 416 g/mol. The largest absolute Gasteiger partial charge is 0.454 e. The molecule has 0 saturated carbocycles. The van der Waals surface area contributed by atoms with E-state index < -0.39 is 6.04 Å². The lowest BCUT2D eigenvalue weighted by Crippen LogP contribution is -2.33. The second-order valence-corrected chi connectivity index (χ2v) is 7.49. The second kappa shape index (κ2) is 9.53. The van der Waals surface area contributed by atoms with Crippen LogP contribution in [0.5, 0.6) is 11.5 Å². The minimum atomic E-state index is -0.498. The van der Waals surface area contributed by atoms with Gasteiger partial charge in [0.15, 0.2) is 11.5 Å². The second-order valence-electron chi connectivity index (χ2n) is 7.09. The van der Waals surface area contributed by atoms with Crippen LogP contribution < -0.4 is 20.1 Å². The van der Waals surface area contributed by atoms with E-state index in [0.717, 1.165) is 11.1 Å². The van der Waals surface area contributed by atoms with E-state index in [-0.39, 0.29) is 25.0 Å². The number of rotatable bonds is 7. The molecule has 1 atom stereocenters. The van der Waals surface area contributed by atoms with Gasteiger partial charge >= 0.3 is 0 Å². The predicted octanol–water partition coefficient (Wildman–Crippen LogP) is 4.25. The van der Waals surface area contributed by atoms with Gasteiger partial charge in [0.25, 0.3) is 5.91 Å². The molecule has 0 spiro atoms. The Balaban J connectivity index is 1.42. The molecule has 0 aromatic heterocycles. The van der Waals surface area contributed by atoms with Gasteiger partial charge < -0.3 is 20.1 Å². The Bertz CT molecular complexity index is 1090. The van der Waals surface area contributed by atoms with Gasteiger partial charge in [-0.2, -0.15) is 0 Å². The van der Waals surface area contributed by atoms with Crippen molar-refractivity contribution in [3.63, 3.8) is 0 Å². The van der Waals surface area contributed by atoms with Gasteiger partial charge in [-0.25, -0.2) is 0 Å². The molecule has 3 aromatic carbocycles. The Kier molecular flexibility index (Phi) is 6.38. The molecule has 1 unspecified atom stereocenters. The third kappa shape index (κ3) is 5.16. The summed E-state index contributed by atoms with van der Waals surface area (Å²) in [7, 11) is 0. The van der Waals surface area contributed by atoms with E-state index in [1.165, 1.54) is 0 Å². The SMILES string of the molecule is O=C(CC(NC(=O)c1ccccc1Cl)c1ccccc1)NCc1ccc2c(c1)OCO2. The van der Waals surface area contributed by atoms with Gasteiger partial charge in [0.2, 0.25) is 12.7 Å². The number of hydrogen-bond acceptors (Lipinski definition) is 4. The average Bonchev–Trinajstić information content (AvgIpc) is 3.26. The molecule has 1 aliphatic heterocycles. The fourth-order valence-corrected chi connectivity index (χ4v) is 3.55. The molecular formula is C24H21ClN2O4. The summed E-state index contributed by atoms with van der Waals surface area (Å²) in [5, 5.41) is 6.20. The van der Waals surface area contributed by atoms with Crippen LogP contribution in [0.25, 0.3) is 0 Å². The van der Waals surface area contributed by atoms with Crippen LogP contribution in [0.3, 0.4) is 0 Å². The average molecular weight is 437 g/mol. The van der Waals surface area contributed by atoms with E-state index in [1.807, 2.05) is 48.5 Å². The van der Waals surface area contributed by atoms with Crippen molar-refractivity contribution in [2.75, 3.05) is 6.79 Å². The molecule has 2 N–H and O–H groups in total. The zero-order valence-electron chi connectivity index (χ0n) is 16.6. The first-order valence-electron chi connectivity index (χ1n) is 9.86. The highest BCUT2D eigenvalue weighted by Crippen LogP contribution is 2.32. The third-order valence-electron chi connectivity index (χ3n) is 4.94. The molecule has 0 radical (unpaired) electrons. The van der Waals surface area contributed by atoms with Crippen molar-refractivity contribution >= 4 is 23.4 Å². The van der Waals surface area contributed by atoms with E-state index in [9.17, 15) is 9.59 Å². The van der Waals surface area contributed by atoms with E-state index in [0.29, 0.717) is 28.6 Å². The highest BCUT2D eigenvalue weighted by Gasteiger charge is 2.20. The molecule has 0 aliphatic carbocycles. The van der Waals surface area contributed by atoms with Crippen molar-refractivity contribution in [3.8, 4) is 11.5 Å². The van der Waals surface area contributed by atoms with Gasteiger partial charge in [-0.05, 0) is 35.4 Å². The van der Waals surface area contributed by atoms with Crippen molar-refractivity contribution < 1.29 is 19.1 Å². The first-order chi connectivity index (χ1) is 15.1. The van der Waals surface area contributed by atoms with E-state index >= 15 is 0 Å². The number of hydrogen-bond donors (Lipinski definition) is 2. The molecule has 6 nitrogen and oxygen atoms in total. The van der Waals surface area contributed by atoms with Gasteiger partial charge in [0, 0.05) is 6.54 Å². The van der Waals surface area contributed by atoms with E-state index in [2.05, 4.69) is 10.6 Å². The Morgan fingerprint density at radius 3 is 2.48 bits per heavy atom. The topological polar surface area (TPSA) is 76.7 Å². The lowest BCUT2D eigenvalue weighted by atomic mass is 10.0. The summed E-state index contributed by atoms with van der Waals surface area (Å²) in [6.45, 7) is 0.546. The summed E-state index contributed by atoms with van der Waals surface area (Å²) in [6.07, 6.45) is 0.0881. The van der Waals surface area contributed by atoms with Crippen molar-refractivity contribution in [2.45, 2.75) is 19.0 Å². The number of carbonyl (C=O) groups is 2. The maximum absolute atomic E-state index is 12.8. The van der Waals surface area contributed by atoms with Crippen LogP contribution in [-0.4, -0.2) is 18.6 Å². The van der Waals surface area contributed by atoms with Crippen molar-refractivity contribution in [2.24, 2.45) is 0 Å². The van der Waals surface area contributed by atoms with Gasteiger partial charge in [-0.3, -0.25) is 9.59 Å². The molecule has 4 rings (SSSR count). The smallest absolute Gasteiger partial charge is 0.253 e. The molecule has 0 saturated heterocycles. The van der Waals surface area contributed by atoms with Gasteiger partial charge in [-0.1, -0.05) is 60.1 Å². The van der Waals surface area contributed by atoms with Crippen molar-refractivity contribution in [3.05, 3.63) is 94.5 Å². The normalized spacial score (nSPS) is 12.8. The number of nitrogens with one attached hydrogen (secondary N) is 2. The zero-order chi connectivity index (χ0) is 21.6. The lowest BCUT2D eigenvalue weighted by molar-refractivity contribution is -0.121. The van der Waals surface area contributed by atoms with E-state index in [1.54, 1.807) is 24.3 Å². The Labute approximate surface area is 185 Å². The summed E-state index contributed by atoms with van der Waals surface area (Å²) in [4.78, 5) is 25.4. The minimum absolute atomic E-state index is 0.0881. The summed E-state index contributed by atoms with van der Waals surface area (Å²) in [5.41, 5.74) is 2.10. The summed E-state index contributed by atoms with van der Waals surface area (Å²) >= 11 is 6.15. The minimum Gasteiger partial charge on any atom is -0.454 e. The maximum atomic E-state index is 12.8. The van der Waals surface area contributed by atoms with Crippen molar-refractivity contribution in [1.29, 1.82) is 0 Å². The monoisotopic (exact) mass is 436 g/mol. The Morgan fingerprint density at radius 1 is 0.935 bits per heavy atom. The van der Waals surface area contributed by atoms with Gasteiger partial charge in [-0.15, -0.1) is 0 Å². The molecule has 0 fully saturated rings. The summed E-state index contributed by atoms with van der Waals surface area (Å²) in [6, 6.07) is 21.2. The van der Waals surface area contributed by atoms with Crippen LogP contribution in [0, 0.1) is 0 Å². The number of amides is 2. The maximum Gasteiger partial charge on any atom is 0.253 e. The van der Waals surface area contributed by atoms with Crippen molar-refractivity contribution in [1.82, 2.24) is 10.6 Å². The number of ether oxygens (including phenoxy) is 2.